The molecule has 0 spiro atoms. The van der Waals surface area contributed by atoms with Crippen LogP contribution in [0.25, 0.3) is 0 Å². The second kappa shape index (κ2) is 5.87. The first kappa shape index (κ1) is 15.2. The van der Waals surface area contributed by atoms with Gasteiger partial charge in [-0.15, -0.1) is 11.3 Å². The van der Waals surface area contributed by atoms with Crippen molar-refractivity contribution in [1.82, 2.24) is 5.32 Å². The van der Waals surface area contributed by atoms with Crippen molar-refractivity contribution in [3.05, 3.63) is 21.9 Å². The van der Waals surface area contributed by atoms with Crippen LogP contribution < -0.4 is 5.32 Å². The van der Waals surface area contributed by atoms with Gasteiger partial charge in [-0.2, -0.15) is 0 Å². The third kappa shape index (κ3) is 3.84. The van der Waals surface area contributed by atoms with Gasteiger partial charge in [-0.1, -0.05) is 41.5 Å². The van der Waals surface area contributed by atoms with E-state index in [9.17, 15) is 4.79 Å². The van der Waals surface area contributed by atoms with Crippen LogP contribution in [0.15, 0.2) is 12.1 Å². The summed E-state index contributed by atoms with van der Waals surface area (Å²) in [5, 5.41) is 3.12. The predicted octanol–water partition coefficient (Wildman–Crippen LogP) is 4.21. The van der Waals surface area contributed by atoms with Crippen LogP contribution in [0.3, 0.4) is 0 Å². The maximum atomic E-state index is 12.2. The van der Waals surface area contributed by atoms with Crippen molar-refractivity contribution in [2.24, 2.45) is 5.92 Å². The molecule has 0 saturated heterocycles. The second-order valence-corrected chi connectivity index (χ2v) is 7.23. The van der Waals surface area contributed by atoms with Crippen molar-refractivity contribution < 1.29 is 4.79 Å². The molecule has 1 amide bonds. The van der Waals surface area contributed by atoms with Crippen LogP contribution in [0.2, 0.25) is 0 Å². The smallest absolute Gasteiger partial charge is 0.261 e. The molecule has 1 N–H and O–H groups in total. The summed E-state index contributed by atoms with van der Waals surface area (Å²) in [6, 6.07) is 4.27. The summed E-state index contributed by atoms with van der Waals surface area (Å²) in [6.07, 6.45) is 0.973. The topological polar surface area (TPSA) is 29.1 Å². The predicted molar refractivity (Wildman–Crippen MR) is 79.4 cm³/mol. The van der Waals surface area contributed by atoms with E-state index in [0.717, 1.165) is 11.3 Å². The summed E-state index contributed by atoms with van der Waals surface area (Å²) in [5.41, 5.74) is 0.116. The monoisotopic (exact) mass is 267 g/mol. The van der Waals surface area contributed by atoms with Crippen molar-refractivity contribution in [2.75, 3.05) is 0 Å². The molecule has 0 aliphatic carbocycles. The Morgan fingerprint density at radius 2 is 1.94 bits per heavy atom. The average Bonchev–Trinajstić information content (AvgIpc) is 2.73. The fourth-order valence-electron chi connectivity index (χ4n) is 1.84. The van der Waals surface area contributed by atoms with Crippen molar-refractivity contribution in [2.45, 2.75) is 59.4 Å². The van der Waals surface area contributed by atoms with E-state index < -0.39 is 0 Å². The Bertz CT molecular complexity index is 401. The zero-order chi connectivity index (χ0) is 13.9. The summed E-state index contributed by atoms with van der Waals surface area (Å²) in [7, 11) is 0. The lowest BCUT2D eigenvalue weighted by Crippen LogP contribution is -2.37. The highest BCUT2D eigenvalue weighted by molar-refractivity contribution is 7.14. The number of carbonyl (C=O) groups is 1. The van der Waals surface area contributed by atoms with Crippen LogP contribution in [0.5, 0.6) is 0 Å². The number of amides is 1. The molecule has 0 aliphatic rings. The molecule has 0 radical (unpaired) electrons. The summed E-state index contributed by atoms with van der Waals surface area (Å²) in [4.78, 5) is 14.2. The zero-order valence-corrected chi connectivity index (χ0v) is 13.1. The van der Waals surface area contributed by atoms with Crippen LogP contribution in [-0.4, -0.2) is 11.9 Å². The van der Waals surface area contributed by atoms with Crippen LogP contribution in [0, 0.1) is 5.92 Å². The molecule has 1 rings (SSSR count). The van der Waals surface area contributed by atoms with E-state index >= 15 is 0 Å². The molecule has 3 heteroatoms. The van der Waals surface area contributed by atoms with Gasteiger partial charge in [-0.05, 0) is 29.9 Å². The van der Waals surface area contributed by atoms with Gasteiger partial charge in [0.1, 0.15) is 0 Å². The van der Waals surface area contributed by atoms with Crippen molar-refractivity contribution in [3.63, 3.8) is 0 Å². The van der Waals surface area contributed by atoms with E-state index in [0.29, 0.717) is 5.92 Å². The molecule has 1 unspecified atom stereocenters. The Morgan fingerprint density at radius 3 is 2.33 bits per heavy atom. The lowest BCUT2D eigenvalue weighted by molar-refractivity contribution is 0.0929. The van der Waals surface area contributed by atoms with Gasteiger partial charge in [0.2, 0.25) is 0 Å². The second-order valence-electron chi connectivity index (χ2n) is 6.15. The van der Waals surface area contributed by atoms with E-state index in [1.165, 1.54) is 4.88 Å². The van der Waals surface area contributed by atoms with Gasteiger partial charge in [0.25, 0.3) is 5.91 Å². The lowest BCUT2D eigenvalue weighted by Gasteiger charge is -2.20. The maximum absolute atomic E-state index is 12.2. The summed E-state index contributed by atoms with van der Waals surface area (Å²) in [5.74, 6) is 0.539. The molecule has 0 aromatic carbocycles. The first-order chi connectivity index (χ1) is 8.25. The number of hydrogen-bond acceptors (Lipinski definition) is 2. The fourth-order valence-corrected chi connectivity index (χ4v) is 2.81. The number of nitrogens with one attached hydrogen (secondary N) is 1. The van der Waals surface area contributed by atoms with E-state index in [1.807, 2.05) is 6.07 Å². The average molecular weight is 267 g/mol. The van der Waals surface area contributed by atoms with Gasteiger partial charge in [-0.3, -0.25) is 4.79 Å². The number of hydrogen-bond donors (Lipinski definition) is 1. The van der Waals surface area contributed by atoms with Crippen LogP contribution in [0.1, 0.15) is 62.5 Å². The van der Waals surface area contributed by atoms with Crippen LogP contribution in [0.4, 0.5) is 0 Å². The third-order valence-electron chi connectivity index (χ3n) is 3.13. The van der Waals surface area contributed by atoms with Gasteiger partial charge >= 0.3 is 0 Å². The van der Waals surface area contributed by atoms with E-state index in [4.69, 9.17) is 0 Å². The first-order valence-corrected chi connectivity index (χ1v) is 7.48. The Morgan fingerprint density at radius 1 is 1.33 bits per heavy atom. The zero-order valence-electron chi connectivity index (χ0n) is 12.3. The summed E-state index contributed by atoms with van der Waals surface area (Å²) >= 11 is 1.60. The molecule has 0 aliphatic heterocycles. The largest absolute Gasteiger partial charge is 0.348 e. The first-order valence-electron chi connectivity index (χ1n) is 6.67. The molecule has 102 valence electrons. The summed E-state index contributed by atoms with van der Waals surface area (Å²) in [6.45, 7) is 12.9. The fraction of sp³-hybridized carbons (Fsp3) is 0.667. The van der Waals surface area contributed by atoms with Gasteiger partial charge in [0, 0.05) is 10.9 Å². The summed E-state index contributed by atoms with van der Waals surface area (Å²) < 4.78 is 0. The Labute approximate surface area is 115 Å². The van der Waals surface area contributed by atoms with Gasteiger partial charge < -0.3 is 5.32 Å². The molecule has 18 heavy (non-hydrogen) atoms. The van der Waals surface area contributed by atoms with Crippen molar-refractivity contribution in [3.8, 4) is 0 Å². The molecule has 1 atom stereocenters. The lowest BCUT2D eigenvalue weighted by atomic mass is 9.95. The highest BCUT2D eigenvalue weighted by atomic mass is 32.1. The molecular weight excluding hydrogens is 242 g/mol. The van der Waals surface area contributed by atoms with Gasteiger partial charge in [0.15, 0.2) is 0 Å². The maximum Gasteiger partial charge on any atom is 0.261 e. The Kier molecular flexibility index (Phi) is 4.97. The van der Waals surface area contributed by atoms with E-state index in [2.05, 4.69) is 52.9 Å². The van der Waals surface area contributed by atoms with E-state index in [1.54, 1.807) is 11.3 Å². The number of carbonyl (C=O) groups excluding carboxylic acids is 1. The molecule has 1 aromatic heterocycles. The van der Waals surface area contributed by atoms with E-state index in [-0.39, 0.29) is 17.4 Å². The minimum atomic E-state index is 0.0658. The van der Waals surface area contributed by atoms with Crippen LogP contribution in [-0.2, 0) is 5.41 Å². The normalized spacial score (nSPS) is 13.7. The molecule has 0 bridgehead atoms. The molecule has 1 heterocycles. The number of thiophene rings is 1. The molecule has 1 aromatic rings. The van der Waals surface area contributed by atoms with Crippen molar-refractivity contribution >= 4 is 17.2 Å². The molecule has 0 saturated carbocycles. The van der Waals surface area contributed by atoms with Crippen molar-refractivity contribution in [1.29, 1.82) is 0 Å². The molecule has 2 nitrogen and oxygen atoms in total. The quantitative estimate of drug-likeness (QED) is 0.870. The highest BCUT2D eigenvalue weighted by Gasteiger charge is 2.20. The van der Waals surface area contributed by atoms with Crippen LogP contribution >= 0.6 is 11.3 Å². The standard InChI is InChI=1S/C15H25NOS/c1-7-11(10(2)3)16-14(17)12-8-9-13(18-12)15(4,5)6/h8-11H,7H2,1-6H3,(H,16,17). The Balaban J connectivity index is 2.76. The number of rotatable bonds is 4. The minimum Gasteiger partial charge on any atom is -0.348 e. The minimum absolute atomic E-state index is 0.0658. The SMILES string of the molecule is CCC(NC(=O)c1ccc(C(C)(C)C)s1)C(C)C. The highest BCUT2D eigenvalue weighted by Crippen LogP contribution is 2.29. The van der Waals surface area contributed by atoms with Gasteiger partial charge in [-0.25, -0.2) is 0 Å². The van der Waals surface area contributed by atoms with Gasteiger partial charge in [0.05, 0.1) is 4.88 Å². The third-order valence-corrected chi connectivity index (χ3v) is 4.64. The Hall–Kier alpha value is -0.830. The molecule has 0 fully saturated rings. The molecular formula is C15H25NOS.